The highest BCUT2D eigenvalue weighted by Gasteiger charge is 2.32. The summed E-state index contributed by atoms with van der Waals surface area (Å²) in [7, 11) is 0. The fourth-order valence-corrected chi connectivity index (χ4v) is 0.448. The summed E-state index contributed by atoms with van der Waals surface area (Å²) in [5.74, 6) is 0.213. The van der Waals surface area contributed by atoms with E-state index in [0.29, 0.717) is 0 Å². The molecule has 1 nitrogen and oxygen atoms in total. The first-order chi connectivity index (χ1) is 2.84. The van der Waals surface area contributed by atoms with Crippen molar-refractivity contribution < 1.29 is 4.39 Å². The van der Waals surface area contributed by atoms with E-state index in [0.717, 1.165) is 6.42 Å². The van der Waals surface area contributed by atoms with Crippen molar-refractivity contribution in [2.45, 2.75) is 12.5 Å². The summed E-state index contributed by atoms with van der Waals surface area (Å²) in [5.41, 5.74) is 5.24. The van der Waals surface area contributed by atoms with E-state index in [-0.39, 0.29) is 31.0 Å². The standard InChI is InChI=1S/C4H8FN.ClH/c5-2-3-1-4(3)6;/h3-4H,1-2,6H2;1H/t3-,4-;/m1./s1. The zero-order valence-corrected chi connectivity index (χ0v) is 4.75. The zero-order chi connectivity index (χ0) is 4.57. The Labute approximate surface area is 48.5 Å². The van der Waals surface area contributed by atoms with Gasteiger partial charge in [0, 0.05) is 12.0 Å². The van der Waals surface area contributed by atoms with Gasteiger partial charge in [0.1, 0.15) is 0 Å². The largest absolute Gasteiger partial charge is 0.327 e. The van der Waals surface area contributed by atoms with Crippen LogP contribution in [0.15, 0.2) is 0 Å². The van der Waals surface area contributed by atoms with Crippen LogP contribution in [0.1, 0.15) is 6.42 Å². The average Bonchev–Trinajstić information content (AvgIpc) is 2.19. The average molecular weight is 126 g/mol. The van der Waals surface area contributed by atoms with Gasteiger partial charge in [0.25, 0.3) is 0 Å². The summed E-state index contributed by atoms with van der Waals surface area (Å²) < 4.78 is 11.3. The van der Waals surface area contributed by atoms with E-state index in [2.05, 4.69) is 0 Å². The van der Waals surface area contributed by atoms with Gasteiger partial charge >= 0.3 is 0 Å². The maximum absolute atomic E-state index is 11.3. The fraction of sp³-hybridized carbons (Fsp3) is 1.00. The second-order valence-electron chi connectivity index (χ2n) is 1.81. The molecule has 0 radical (unpaired) electrons. The molecule has 0 spiro atoms. The smallest absolute Gasteiger partial charge is 0.0937 e. The van der Waals surface area contributed by atoms with Crippen molar-refractivity contribution in [3.8, 4) is 0 Å². The first-order valence-corrected chi connectivity index (χ1v) is 2.16. The van der Waals surface area contributed by atoms with E-state index in [1.165, 1.54) is 0 Å². The van der Waals surface area contributed by atoms with Crippen LogP contribution in [0.5, 0.6) is 0 Å². The van der Waals surface area contributed by atoms with Crippen molar-refractivity contribution >= 4 is 12.4 Å². The van der Waals surface area contributed by atoms with Crippen molar-refractivity contribution in [1.29, 1.82) is 0 Å². The van der Waals surface area contributed by atoms with Crippen LogP contribution < -0.4 is 5.73 Å². The molecule has 0 amide bonds. The van der Waals surface area contributed by atoms with Crippen LogP contribution in [0.4, 0.5) is 4.39 Å². The lowest BCUT2D eigenvalue weighted by atomic mass is 10.5. The third kappa shape index (κ3) is 1.61. The molecule has 7 heavy (non-hydrogen) atoms. The summed E-state index contributed by atoms with van der Waals surface area (Å²) in [6.45, 7) is -0.221. The predicted octanol–water partition coefficient (Wildman–Crippen LogP) is 0.725. The Morgan fingerprint density at radius 1 is 1.71 bits per heavy atom. The molecule has 0 aromatic heterocycles. The third-order valence-electron chi connectivity index (χ3n) is 1.18. The molecule has 1 saturated carbocycles. The maximum atomic E-state index is 11.3. The van der Waals surface area contributed by atoms with Crippen LogP contribution in [0.3, 0.4) is 0 Å². The molecule has 0 aromatic rings. The first kappa shape index (κ1) is 7.18. The minimum Gasteiger partial charge on any atom is -0.327 e. The molecule has 2 atom stereocenters. The topological polar surface area (TPSA) is 26.0 Å². The molecule has 0 aromatic carbocycles. The summed E-state index contributed by atoms with van der Waals surface area (Å²) in [6, 6.07) is 0.190. The van der Waals surface area contributed by atoms with Gasteiger partial charge < -0.3 is 5.73 Å². The lowest BCUT2D eigenvalue weighted by Crippen LogP contribution is -2.01. The molecule has 0 saturated heterocycles. The Hall–Kier alpha value is 0.180. The molecule has 3 heteroatoms. The number of nitrogens with two attached hydrogens (primary N) is 1. The highest BCUT2D eigenvalue weighted by molar-refractivity contribution is 5.85. The van der Waals surface area contributed by atoms with Crippen molar-refractivity contribution in [3.63, 3.8) is 0 Å². The van der Waals surface area contributed by atoms with Gasteiger partial charge in [-0.2, -0.15) is 0 Å². The third-order valence-corrected chi connectivity index (χ3v) is 1.18. The molecule has 1 aliphatic carbocycles. The lowest BCUT2D eigenvalue weighted by Gasteiger charge is -1.76. The highest BCUT2D eigenvalue weighted by atomic mass is 35.5. The van der Waals surface area contributed by atoms with Gasteiger partial charge in [0.05, 0.1) is 6.67 Å². The van der Waals surface area contributed by atoms with Gasteiger partial charge in [-0.15, -0.1) is 12.4 Å². The quantitative estimate of drug-likeness (QED) is 0.549. The van der Waals surface area contributed by atoms with E-state index < -0.39 is 0 Å². The molecule has 0 unspecified atom stereocenters. The molecule has 2 N–H and O–H groups in total. The van der Waals surface area contributed by atoms with Gasteiger partial charge in [-0.1, -0.05) is 0 Å². The Morgan fingerprint density at radius 2 is 2.14 bits per heavy atom. The lowest BCUT2D eigenvalue weighted by molar-refractivity contribution is 0.452. The fourth-order valence-electron chi connectivity index (χ4n) is 0.448. The van der Waals surface area contributed by atoms with Crippen molar-refractivity contribution in [1.82, 2.24) is 0 Å². The van der Waals surface area contributed by atoms with E-state index in [9.17, 15) is 4.39 Å². The van der Waals surface area contributed by atoms with Crippen molar-refractivity contribution in [3.05, 3.63) is 0 Å². The van der Waals surface area contributed by atoms with Crippen LogP contribution in [-0.2, 0) is 0 Å². The van der Waals surface area contributed by atoms with Crippen LogP contribution in [0.25, 0.3) is 0 Å². The minimum atomic E-state index is -0.221. The molecule has 44 valence electrons. The van der Waals surface area contributed by atoms with Crippen molar-refractivity contribution in [2.75, 3.05) is 6.67 Å². The summed E-state index contributed by atoms with van der Waals surface area (Å²) in [4.78, 5) is 0. The number of hydrogen-bond acceptors (Lipinski definition) is 1. The summed E-state index contributed by atoms with van der Waals surface area (Å²) >= 11 is 0. The van der Waals surface area contributed by atoms with Gasteiger partial charge in [-0.3, -0.25) is 4.39 Å². The zero-order valence-electron chi connectivity index (χ0n) is 3.93. The van der Waals surface area contributed by atoms with Crippen LogP contribution >= 0.6 is 12.4 Å². The Kier molecular flexibility index (Phi) is 2.54. The molecule has 1 rings (SSSR count). The van der Waals surface area contributed by atoms with Gasteiger partial charge in [-0.05, 0) is 6.42 Å². The predicted molar refractivity (Wildman–Crippen MR) is 29.3 cm³/mol. The van der Waals surface area contributed by atoms with Crippen LogP contribution in [-0.4, -0.2) is 12.7 Å². The monoisotopic (exact) mass is 125 g/mol. The van der Waals surface area contributed by atoms with E-state index in [1.807, 2.05) is 0 Å². The molecule has 0 heterocycles. The Morgan fingerprint density at radius 3 is 2.14 bits per heavy atom. The Balaban J connectivity index is 0.000000360. The van der Waals surface area contributed by atoms with E-state index >= 15 is 0 Å². The molecule has 1 fully saturated rings. The molecule has 1 aliphatic rings. The number of alkyl halides is 1. The van der Waals surface area contributed by atoms with Crippen molar-refractivity contribution in [2.24, 2.45) is 11.7 Å². The molecule has 0 aliphatic heterocycles. The number of hydrogen-bond donors (Lipinski definition) is 1. The van der Waals surface area contributed by atoms with Gasteiger partial charge in [-0.25, -0.2) is 0 Å². The van der Waals surface area contributed by atoms with Crippen LogP contribution in [0, 0.1) is 5.92 Å². The SMILES string of the molecule is Cl.N[C@@H]1C[C@@H]1CF. The normalized spacial score (nSPS) is 36.9. The number of rotatable bonds is 1. The second-order valence-corrected chi connectivity index (χ2v) is 1.81. The Bertz CT molecular complexity index is 57.7. The second kappa shape index (κ2) is 2.48. The summed E-state index contributed by atoms with van der Waals surface area (Å²) in [6.07, 6.45) is 0.899. The molecule has 0 bridgehead atoms. The van der Waals surface area contributed by atoms with Gasteiger partial charge in [0.15, 0.2) is 0 Å². The summed E-state index contributed by atoms with van der Waals surface area (Å²) in [5, 5.41) is 0. The van der Waals surface area contributed by atoms with E-state index in [1.54, 1.807) is 0 Å². The number of halogens is 2. The maximum Gasteiger partial charge on any atom is 0.0937 e. The molecular weight excluding hydrogens is 117 g/mol. The minimum absolute atomic E-state index is 0. The molecular formula is C4H9ClFN. The van der Waals surface area contributed by atoms with Crippen LogP contribution in [0.2, 0.25) is 0 Å². The van der Waals surface area contributed by atoms with Gasteiger partial charge in [0.2, 0.25) is 0 Å². The van der Waals surface area contributed by atoms with E-state index in [4.69, 9.17) is 5.73 Å². The first-order valence-electron chi connectivity index (χ1n) is 2.16. The highest BCUT2D eigenvalue weighted by Crippen LogP contribution is 2.27.